The van der Waals surface area contributed by atoms with E-state index in [2.05, 4.69) is 15.6 Å². The van der Waals surface area contributed by atoms with E-state index < -0.39 is 5.82 Å². The number of carbonyl (C=O) groups excluding carboxylic acids is 2. The molecule has 0 aliphatic rings. The Labute approximate surface area is 252 Å². The number of nitrogens with two attached hydrogens (primary N) is 1. The number of hydrogen-bond donors (Lipinski definition) is 3. The minimum absolute atomic E-state index is 0.140. The summed E-state index contributed by atoms with van der Waals surface area (Å²) in [6.45, 7) is 3.38. The van der Waals surface area contributed by atoms with Gasteiger partial charge in [-0.15, -0.1) is 0 Å². The molecule has 0 saturated heterocycles. The van der Waals surface area contributed by atoms with E-state index in [4.69, 9.17) is 15.7 Å². The molecule has 44 heavy (non-hydrogen) atoms. The van der Waals surface area contributed by atoms with E-state index in [1.807, 2.05) is 71.3 Å². The number of carbonyl (C=O) groups is 2. The van der Waals surface area contributed by atoms with Gasteiger partial charge in [0.1, 0.15) is 17.2 Å². The summed E-state index contributed by atoms with van der Waals surface area (Å²) in [5.41, 5.74) is 12.9. The van der Waals surface area contributed by atoms with Gasteiger partial charge in [0.2, 0.25) is 5.91 Å². The number of halogens is 1. The van der Waals surface area contributed by atoms with Crippen LogP contribution in [0.4, 0.5) is 15.9 Å². The first-order valence-electron chi connectivity index (χ1n) is 13.9. The first kappa shape index (κ1) is 28.2. The molecule has 3 heterocycles. The zero-order valence-corrected chi connectivity index (χ0v) is 24.0. The van der Waals surface area contributed by atoms with Crippen molar-refractivity contribution in [2.45, 2.75) is 20.4 Å². The molecule has 3 aromatic heterocycles. The minimum atomic E-state index is -0.418. The van der Waals surface area contributed by atoms with Crippen molar-refractivity contribution >= 4 is 34.5 Å². The van der Waals surface area contributed by atoms with Crippen molar-refractivity contribution in [2.24, 2.45) is 0 Å². The van der Waals surface area contributed by atoms with Gasteiger partial charge in [0.25, 0.3) is 5.91 Å². The Balaban J connectivity index is 1.35. The predicted octanol–water partition coefficient (Wildman–Crippen LogP) is 6.07. The van der Waals surface area contributed by atoms with Crippen molar-refractivity contribution < 1.29 is 14.0 Å². The summed E-state index contributed by atoms with van der Waals surface area (Å²) in [7, 11) is 0. The van der Waals surface area contributed by atoms with Crippen LogP contribution >= 0.6 is 0 Å². The number of rotatable bonds is 7. The van der Waals surface area contributed by atoms with Crippen LogP contribution in [0.5, 0.6) is 0 Å². The second-order valence-electron chi connectivity index (χ2n) is 10.3. The average Bonchev–Trinajstić information content (AvgIpc) is 3.40. The summed E-state index contributed by atoms with van der Waals surface area (Å²) in [4.78, 5) is 38.1. The highest BCUT2D eigenvalue weighted by Gasteiger charge is 2.19. The Morgan fingerprint density at radius 2 is 1.70 bits per heavy atom. The van der Waals surface area contributed by atoms with Gasteiger partial charge in [0.05, 0.1) is 11.3 Å². The number of pyridine rings is 2. The summed E-state index contributed by atoms with van der Waals surface area (Å²) < 4.78 is 15.9. The Hall–Kier alpha value is -5.90. The van der Waals surface area contributed by atoms with Crippen LogP contribution in [-0.4, -0.2) is 31.3 Å². The molecule has 0 saturated carbocycles. The van der Waals surface area contributed by atoms with Crippen LogP contribution in [0.25, 0.3) is 39.5 Å². The van der Waals surface area contributed by atoms with Crippen LogP contribution in [0.1, 0.15) is 28.4 Å². The van der Waals surface area contributed by atoms with Gasteiger partial charge in [-0.25, -0.2) is 19.3 Å². The van der Waals surface area contributed by atoms with Crippen molar-refractivity contribution in [3.05, 3.63) is 120 Å². The number of aromatic nitrogens is 4. The highest BCUT2D eigenvalue weighted by atomic mass is 19.1. The molecule has 2 amide bonds. The second-order valence-corrected chi connectivity index (χ2v) is 10.3. The first-order chi connectivity index (χ1) is 21.3. The van der Waals surface area contributed by atoms with Gasteiger partial charge in [0, 0.05) is 42.2 Å². The molecule has 0 atom stereocenters. The lowest BCUT2D eigenvalue weighted by atomic mass is 10.1. The number of anilines is 2. The molecule has 0 aliphatic heterocycles. The van der Waals surface area contributed by atoms with E-state index in [1.165, 1.54) is 13.0 Å². The van der Waals surface area contributed by atoms with Gasteiger partial charge in [-0.2, -0.15) is 0 Å². The zero-order chi connectivity index (χ0) is 30.8. The van der Waals surface area contributed by atoms with Crippen molar-refractivity contribution in [3.8, 4) is 28.3 Å². The van der Waals surface area contributed by atoms with Gasteiger partial charge in [-0.05, 0) is 78.7 Å². The third-order valence-corrected chi connectivity index (χ3v) is 7.17. The fourth-order valence-corrected chi connectivity index (χ4v) is 4.86. The summed E-state index contributed by atoms with van der Waals surface area (Å²) >= 11 is 0. The third kappa shape index (κ3) is 5.73. The third-order valence-electron chi connectivity index (χ3n) is 7.17. The number of nitrogens with zero attached hydrogens (tertiary/aromatic N) is 4. The molecule has 3 aromatic carbocycles. The van der Waals surface area contributed by atoms with Crippen LogP contribution in [0.15, 0.2) is 97.2 Å². The fraction of sp³-hybridized carbons (Fsp3) is 0.0882. The Morgan fingerprint density at radius 1 is 0.932 bits per heavy atom. The number of imidazole rings is 1. The normalized spacial score (nSPS) is 11.0. The lowest BCUT2D eigenvalue weighted by molar-refractivity contribution is -0.114. The van der Waals surface area contributed by atoms with E-state index >= 15 is 0 Å². The predicted molar refractivity (Wildman–Crippen MR) is 169 cm³/mol. The molecular weight excluding hydrogens is 557 g/mol. The number of hydrogen-bond acceptors (Lipinski definition) is 6. The van der Waals surface area contributed by atoms with Gasteiger partial charge >= 0.3 is 0 Å². The molecule has 6 rings (SSSR count). The maximum absolute atomic E-state index is 13.9. The van der Waals surface area contributed by atoms with Crippen LogP contribution in [0, 0.1) is 12.7 Å². The molecule has 0 aliphatic carbocycles. The van der Waals surface area contributed by atoms with E-state index in [9.17, 15) is 14.0 Å². The lowest BCUT2D eigenvalue weighted by Gasteiger charge is -2.12. The molecule has 10 heteroatoms. The van der Waals surface area contributed by atoms with E-state index in [0.717, 1.165) is 22.5 Å². The summed E-state index contributed by atoms with van der Waals surface area (Å²) in [6.07, 6.45) is 1.63. The number of nitrogens with one attached hydrogen (secondary N) is 2. The topological polar surface area (TPSA) is 128 Å². The fourth-order valence-electron chi connectivity index (χ4n) is 4.86. The van der Waals surface area contributed by atoms with Crippen LogP contribution in [0.2, 0.25) is 0 Å². The number of fused-ring (bicyclic) bond motifs is 1. The Bertz CT molecular complexity index is 2020. The molecule has 0 fully saturated rings. The van der Waals surface area contributed by atoms with Crippen molar-refractivity contribution in [1.82, 2.24) is 24.8 Å². The number of amides is 2. The number of aryl methyl sites for hydroxylation is 1. The molecule has 0 spiro atoms. The maximum Gasteiger partial charge on any atom is 0.251 e. The van der Waals surface area contributed by atoms with Crippen molar-refractivity contribution in [2.75, 3.05) is 11.1 Å². The Kier molecular flexibility index (Phi) is 7.55. The molecule has 0 bridgehead atoms. The highest BCUT2D eigenvalue weighted by molar-refractivity contribution is 5.94. The monoisotopic (exact) mass is 585 g/mol. The van der Waals surface area contributed by atoms with Crippen molar-refractivity contribution in [1.29, 1.82) is 0 Å². The minimum Gasteiger partial charge on any atom is -0.383 e. The first-order valence-corrected chi connectivity index (χ1v) is 13.9. The van der Waals surface area contributed by atoms with Gasteiger partial charge in [0.15, 0.2) is 11.5 Å². The summed E-state index contributed by atoms with van der Waals surface area (Å²) in [5.74, 6) is 0.00465. The van der Waals surface area contributed by atoms with Crippen molar-refractivity contribution in [3.63, 3.8) is 0 Å². The molecule has 4 N–H and O–H groups in total. The van der Waals surface area contributed by atoms with E-state index in [1.54, 1.807) is 31.3 Å². The molecular formula is C34H28FN7O2. The van der Waals surface area contributed by atoms with E-state index in [-0.39, 0.29) is 23.9 Å². The quantitative estimate of drug-likeness (QED) is 0.209. The molecule has 0 radical (unpaired) electrons. The molecule has 9 nitrogen and oxygen atoms in total. The SMILES string of the molecule is CC(=O)Nc1ccc(-c2ccc3nc(-c4cccnc4N)n(-c4ccc(CNC(=O)c5ccc(C)c(F)c5)cc4)c3n2)cc1. The highest BCUT2D eigenvalue weighted by Crippen LogP contribution is 2.32. The van der Waals surface area contributed by atoms with Crippen LogP contribution in [-0.2, 0) is 11.3 Å². The van der Waals surface area contributed by atoms with Gasteiger partial charge in [-0.3, -0.25) is 14.2 Å². The smallest absolute Gasteiger partial charge is 0.251 e. The Morgan fingerprint density at radius 3 is 2.41 bits per heavy atom. The molecule has 6 aromatic rings. The molecule has 0 unspecified atom stereocenters. The number of nitrogen functional groups attached to an aromatic ring is 1. The summed E-state index contributed by atoms with van der Waals surface area (Å²) in [5, 5.41) is 5.62. The second kappa shape index (κ2) is 11.8. The molecule has 218 valence electrons. The van der Waals surface area contributed by atoms with E-state index in [0.29, 0.717) is 39.6 Å². The lowest BCUT2D eigenvalue weighted by Crippen LogP contribution is -2.22. The van der Waals surface area contributed by atoms with Crippen LogP contribution < -0.4 is 16.4 Å². The summed E-state index contributed by atoms with van der Waals surface area (Å²) in [6, 6.07) is 27.0. The van der Waals surface area contributed by atoms with Gasteiger partial charge in [-0.1, -0.05) is 30.3 Å². The van der Waals surface area contributed by atoms with Gasteiger partial charge < -0.3 is 16.4 Å². The van der Waals surface area contributed by atoms with Crippen LogP contribution in [0.3, 0.4) is 0 Å². The largest absolute Gasteiger partial charge is 0.383 e. The standard InChI is InChI=1S/C34H28FN7O2/c1-20-5-8-24(18-28(20)35)34(44)38-19-22-6-13-26(14-7-22)42-32(27-4-3-17-37-31(27)36)41-30-16-15-29(40-33(30)42)23-9-11-25(12-10-23)39-21(2)43/h3-18H,19H2,1-2H3,(H2,36,37)(H,38,44)(H,39,43). The maximum atomic E-state index is 13.9. The average molecular weight is 586 g/mol. The number of benzene rings is 3. The zero-order valence-electron chi connectivity index (χ0n) is 24.0.